The van der Waals surface area contributed by atoms with Gasteiger partial charge in [-0.3, -0.25) is 4.79 Å². The number of hydrogen-bond acceptors (Lipinski definition) is 4. The molecule has 3 aromatic rings. The summed E-state index contributed by atoms with van der Waals surface area (Å²) in [6, 6.07) is 9.88. The van der Waals surface area contributed by atoms with Crippen LogP contribution in [0.25, 0.3) is 11.3 Å². The third-order valence-corrected chi connectivity index (χ3v) is 5.57. The average Bonchev–Trinajstić information content (AvgIpc) is 3.17. The van der Waals surface area contributed by atoms with E-state index in [1.807, 2.05) is 0 Å². The van der Waals surface area contributed by atoms with Gasteiger partial charge < -0.3 is 9.73 Å². The van der Waals surface area contributed by atoms with Crippen molar-refractivity contribution in [2.24, 2.45) is 0 Å². The van der Waals surface area contributed by atoms with Crippen molar-refractivity contribution in [2.75, 3.05) is 5.32 Å². The van der Waals surface area contributed by atoms with Gasteiger partial charge in [0.2, 0.25) is 10.0 Å². The zero-order chi connectivity index (χ0) is 21.2. The minimum Gasteiger partial charge on any atom is -0.464 e. The highest BCUT2D eigenvalue weighted by Crippen LogP contribution is 2.25. The second-order valence-corrected chi connectivity index (χ2v) is 8.23. The summed E-state index contributed by atoms with van der Waals surface area (Å²) in [4.78, 5) is 11.8. The first kappa shape index (κ1) is 20.7. The Morgan fingerprint density at radius 1 is 1.03 bits per heavy atom. The van der Waals surface area contributed by atoms with E-state index in [0.29, 0.717) is 11.3 Å². The Morgan fingerprint density at radius 2 is 1.79 bits per heavy atom. The van der Waals surface area contributed by atoms with Gasteiger partial charge in [-0.15, -0.1) is 0 Å². The van der Waals surface area contributed by atoms with Crippen LogP contribution in [0, 0.1) is 11.6 Å². The number of carbonyl (C=O) groups is 1. The Morgan fingerprint density at radius 3 is 2.41 bits per heavy atom. The van der Waals surface area contributed by atoms with Gasteiger partial charge in [-0.05, 0) is 62.4 Å². The number of benzene rings is 2. The summed E-state index contributed by atoms with van der Waals surface area (Å²) < 4.78 is 60.3. The third-order valence-electron chi connectivity index (χ3n) is 3.90. The summed E-state index contributed by atoms with van der Waals surface area (Å²) >= 11 is 0. The summed E-state index contributed by atoms with van der Waals surface area (Å²) in [5.41, 5.74) is 0.241. The highest BCUT2D eigenvalue weighted by molar-refractivity contribution is 7.89. The number of furan rings is 1. The molecular formula is C20H18F2N2O4S. The fourth-order valence-electron chi connectivity index (χ4n) is 2.63. The first-order valence-electron chi connectivity index (χ1n) is 8.64. The van der Waals surface area contributed by atoms with Gasteiger partial charge in [-0.25, -0.2) is 21.9 Å². The number of anilines is 1. The van der Waals surface area contributed by atoms with Crippen molar-refractivity contribution in [3.05, 3.63) is 72.0 Å². The summed E-state index contributed by atoms with van der Waals surface area (Å²) in [7, 11) is -4.15. The molecule has 1 aromatic heterocycles. The van der Waals surface area contributed by atoms with Crippen molar-refractivity contribution in [2.45, 2.75) is 24.8 Å². The van der Waals surface area contributed by atoms with Gasteiger partial charge >= 0.3 is 0 Å². The molecule has 152 valence electrons. The predicted molar refractivity (Wildman–Crippen MR) is 104 cm³/mol. The van der Waals surface area contributed by atoms with E-state index < -0.39 is 38.5 Å². The van der Waals surface area contributed by atoms with E-state index >= 15 is 0 Å². The molecule has 1 amide bonds. The summed E-state index contributed by atoms with van der Waals surface area (Å²) in [5.74, 6) is -2.02. The van der Waals surface area contributed by atoms with Crippen LogP contribution in [-0.2, 0) is 10.0 Å². The highest BCUT2D eigenvalue weighted by atomic mass is 32.2. The fraction of sp³-hybridized carbons (Fsp3) is 0.150. The lowest BCUT2D eigenvalue weighted by Crippen LogP contribution is -2.31. The SMILES string of the molecule is CC(C)NS(=O)(=O)c1cc(C(=O)Nc2ccc(-c3ccco3)cc2F)ccc1F. The van der Waals surface area contributed by atoms with Crippen LogP contribution in [-0.4, -0.2) is 20.4 Å². The van der Waals surface area contributed by atoms with Crippen LogP contribution >= 0.6 is 0 Å². The Labute approximate surface area is 166 Å². The molecule has 0 atom stereocenters. The molecule has 0 unspecified atom stereocenters. The number of nitrogens with one attached hydrogen (secondary N) is 2. The van der Waals surface area contributed by atoms with Gasteiger partial charge in [0.1, 0.15) is 22.3 Å². The van der Waals surface area contributed by atoms with Gasteiger partial charge in [-0.1, -0.05) is 0 Å². The molecule has 0 saturated carbocycles. The molecule has 0 saturated heterocycles. The van der Waals surface area contributed by atoms with Gasteiger partial charge in [-0.2, -0.15) is 0 Å². The van der Waals surface area contributed by atoms with Crippen LogP contribution in [0.3, 0.4) is 0 Å². The molecule has 1 heterocycles. The molecule has 0 bridgehead atoms. The Kier molecular flexibility index (Phi) is 5.81. The van der Waals surface area contributed by atoms with Gasteiger partial charge in [0, 0.05) is 17.2 Å². The lowest BCUT2D eigenvalue weighted by molar-refractivity contribution is 0.102. The van der Waals surface area contributed by atoms with Crippen molar-refractivity contribution in [3.8, 4) is 11.3 Å². The highest BCUT2D eigenvalue weighted by Gasteiger charge is 2.22. The van der Waals surface area contributed by atoms with Gasteiger partial charge in [0.25, 0.3) is 5.91 Å². The van der Waals surface area contributed by atoms with E-state index in [1.54, 1.807) is 32.0 Å². The summed E-state index contributed by atoms with van der Waals surface area (Å²) in [5, 5.41) is 2.36. The number of hydrogen-bond donors (Lipinski definition) is 2. The molecule has 6 nitrogen and oxygen atoms in total. The van der Waals surface area contributed by atoms with Crippen LogP contribution in [0.4, 0.5) is 14.5 Å². The maximum atomic E-state index is 14.4. The maximum absolute atomic E-state index is 14.4. The van der Waals surface area contributed by atoms with E-state index in [1.165, 1.54) is 18.4 Å². The number of carbonyl (C=O) groups excluding carboxylic acids is 1. The monoisotopic (exact) mass is 420 g/mol. The van der Waals surface area contributed by atoms with E-state index in [9.17, 15) is 22.0 Å². The fourth-order valence-corrected chi connectivity index (χ4v) is 3.99. The lowest BCUT2D eigenvalue weighted by Gasteiger charge is -2.12. The largest absolute Gasteiger partial charge is 0.464 e. The first-order chi connectivity index (χ1) is 13.7. The smallest absolute Gasteiger partial charge is 0.255 e. The second-order valence-electron chi connectivity index (χ2n) is 6.55. The molecule has 0 aliphatic carbocycles. The molecule has 0 aliphatic heterocycles. The van der Waals surface area contributed by atoms with E-state index in [0.717, 1.165) is 18.2 Å². The van der Waals surface area contributed by atoms with Crippen LogP contribution in [0.15, 0.2) is 64.1 Å². The van der Waals surface area contributed by atoms with Crippen LogP contribution < -0.4 is 10.0 Å². The zero-order valence-corrected chi connectivity index (χ0v) is 16.4. The van der Waals surface area contributed by atoms with Crippen molar-refractivity contribution < 1.29 is 26.4 Å². The van der Waals surface area contributed by atoms with Gasteiger partial charge in [0.05, 0.1) is 12.0 Å². The van der Waals surface area contributed by atoms with E-state index in [-0.39, 0.29) is 11.3 Å². The Hall–Kier alpha value is -3.04. The quantitative estimate of drug-likeness (QED) is 0.627. The molecule has 0 fully saturated rings. The first-order valence-corrected chi connectivity index (χ1v) is 10.1. The molecule has 0 aliphatic rings. The summed E-state index contributed by atoms with van der Waals surface area (Å²) in [6.07, 6.45) is 1.46. The van der Waals surface area contributed by atoms with Crippen molar-refractivity contribution in [1.82, 2.24) is 4.72 Å². The molecule has 29 heavy (non-hydrogen) atoms. The second kappa shape index (κ2) is 8.14. The Balaban J connectivity index is 1.85. The van der Waals surface area contributed by atoms with Crippen LogP contribution in [0.1, 0.15) is 24.2 Å². The topological polar surface area (TPSA) is 88.4 Å². The normalized spacial score (nSPS) is 11.6. The number of rotatable bonds is 6. The maximum Gasteiger partial charge on any atom is 0.255 e. The lowest BCUT2D eigenvalue weighted by atomic mass is 10.1. The van der Waals surface area contributed by atoms with Crippen molar-refractivity contribution in [1.29, 1.82) is 0 Å². The molecule has 0 spiro atoms. The van der Waals surface area contributed by atoms with Crippen LogP contribution in [0.5, 0.6) is 0 Å². The molecule has 9 heteroatoms. The molecule has 2 N–H and O–H groups in total. The van der Waals surface area contributed by atoms with Crippen molar-refractivity contribution >= 4 is 21.6 Å². The standard InChI is InChI=1S/C20H18F2N2O4S/c1-12(2)24-29(26,27)19-11-14(5-7-15(19)21)20(25)23-17-8-6-13(10-16(17)22)18-4-3-9-28-18/h3-12,24H,1-2H3,(H,23,25). The minimum atomic E-state index is -4.15. The third kappa shape index (κ3) is 4.69. The zero-order valence-electron chi connectivity index (χ0n) is 15.6. The molecule has 0 radical (unpaired) electrons. The number of halogens is 2. The minimum absolute atomic E-state index is 0.112. The molecule has 3 rings (SSSR count). The predicted octanol–water partition coefficient (Wildman–Crippen LogP) is 4.16. The number of sulfonamides is 1. The van der Waals surface area contributed by atoms with Gasteiger partial charge in [0.15, 0.2) is 0 Å². The summed E-state index contributed by atoms with van der Waals surface area (Å²) in [6.45, 7) is 3.17. The number of amides is 1. The molecular weight excluding hydrogens is 402 g/mol. The van der Waals surface area contributed by atoms with E-state index in [2.05, 4.69) is 10.0 Å². The average molecular weight is 420 g/mol. The van der Waals surface area contributed by atoms with E-state index in [4.69, 9.17) is 4.42 Å². The molecule has 2 aromatic carbocycles. The van der Waals surface area contributed by atoms with Crippen LogP contribution in [0.2, 0.25) is 0 Å². The Bertz CT molecular complexity index is 1140. The van der Waals surface area contributed by atoms with Crippen molar-refractivity contribution in [3.63, 3.8) is 0 Å².